The Bertz CT molecular complexity index is 504. The fraction of sp³-hybridized carbons (Fsp3) is 0.500. The van der Waals surface area contributed by atoms with Crippen molar-refractivity contribution in [2.45, 2.75) is 30.8 Å². The van der Waals surface area contributed by atoms with Crippen LogP contribution in [-0.2, 0) is 14.9 Å². The summed E-state index contributed by atoms with van der Waals surface area (Å²) in [7, 11) is 0. The summed E-state index contributed by atoms with van der Waals surface area (Å²) in [5, 5.41) is 9.73. The molecule has 1 unspecified atom stereocenters. The van der Waals surface area contributed by atoms with Gasteiger partial charge in [-0.2, -0.15) is 0 Å². The molecule has 0 amide bonds. The highest BCUT2D eigenvalue weighted by atomic mass is 35.5. The molecule has 1 saturated carbocycles. The highest BCUT2D eigenvalue weighted by Crippen LogP contribution is 2.49. The molecule has 1 aromatic rings. The van der Waals surface area contributed by atoms with Crippen LogP contribution in [0.5, 0.6) is 5.75 Å². The average Bonchev–Trinajstić information content (AvgIpc) is 3.05. The third-order valence-electron chi connectivity index (χ3n) is 3.83. The SMILES string of the molecule is O=C(O)C1(c2ccc(OC3CCOC3)c(Cl)c2)CC1. The lowest BCUT2D eigenvalue weighted by molar-refractivity contribution is -0.140. The molecule has 1 N–H and O–H groups in total. The Morgan fingerprint density at radius 3 is 2.79 bits per heavy atom. The van der Waals surface area contributed by atoms with E-state index in [-0.39, 0.29) is 6.10 Å². The fourth-order valence-electron chi connectivity index (χ4n) is 2.43. The smallest absolute Gasteiger partial charge is 0.314 e. The summed E-state index contributed by atoms with van der Waals surface area (Å²) >= 11 is 6.19. The Kier molecular flexibility index (Phi) is 3.15. The van der Waals surface area contributed by atoms with E-state index >= 15 is 0 Å². The quantitative estimate of drug-likeness (QED) is 0.922. The molecule has 0 aromatic heterocycles. The van der Waals surface area contributed by atoms with Gasteiger partial charge < -0.3 is 14.6 Å². The summed E-state index contributed by atoms with van der Waals surface area (Å²) in [6.07, 6.45) is 2.25. The van der Waals surface area contributed by atoms with Crippen molar-refractivity contribution in [2.75, 3.05) is 13.2 Å². The number of halogens is 1. The number of carboxylic acids is 1. The number of carbonyl (C=O) groups is 1. The highest BCUT2D eigenvalue weighted by molar-refractivity contribution is 6.32. The minimum atomic E-state index is -0.776. The largest absolute Gasteiger partial charge is 0.486 e. The number of benzene rings is 1. The molecule has 1 aliphatic carbocycles. The molecule has 0 bridgehead atoms. The standard InChI is InChI=1S/C14H15ClO4/c15-11-7-9(14(4-5-14)13(16)17)1-2-12(11)19-10-3-6-18-8-10/h1-2,7,10H,3-6,8H2,(H,16,17). The van der Waals surface area contributed by atoms with E-state index in [4.69, 9.17) is 21.1 Å². The first-order valence-corrected chi connectivity index (χ1v) is 6.77. The molecule has 1 aromatic carbocycles. The molecule has 102 valence electrons. The van der Waals surface area contributed by atoms with E-state index in [0.29, 0.717) is 36.8 Å². The Balaban J connectivity index is 1.80. The normalized spacial score (nSPS) is 24.2. The van der Waals surface area contributed by atoms with E-state index in [0.717, 1.165) is 12.0 Å². The van der Waals surface area contributed by atoms with Gasteiger partial charge in [0.25, 0.3) is 0 Å². The third-order valence-corrected chi connectivity index (χ3v) is 4.12. The zero-order valence-corrected chi connectivity index (χ0v) is 11.2. The van der Waals surface area contributed by atoms with Crippen molar-refractivity contribution < 1.29 is 19.4 Å². The molecule has 5 heteroatoms. The molecule has 0 radical (unpaired) electrons. The second-order valence-corrected chi connectivity index (χ2v) is 5.54. The van der Waals surface area contributed by atoms with Crippen molar-refractivity contribution in [3.05, 3.63) is 28.8 Å². The zero-order valence-electron chi connectivity index (χ0n) is 10.4. The van der Waals surface area contributed by atoms with Crippen LogP contribution in [0.4, 0.5) is 0 Å². The maximum atomic E-state index is 11.3. The van der Waals surface area contributed by atoms with Crippen LogP contribution in [0.25, 0.3) is 0 Å². The number of hydrogen-bond donors (Lipinski definition) is 1. The molecule has 2 fully saturated rings. The van der Waals surface area contributed by atoms with Crippen LogP contribution in [0.3, 0.4) is 0 Å². The van der Waals surface area contributed by atoms with Crippen molar-refractivity contribution >= 4 is 17.6 Å². The number of ether oxygens (including phenoxy) is 2. The van der Waals surface area contributed by atoms with Gasteiger partial charge in [-0.1, -0.05) is 17.7 Å². The van der Waals surface area contributed by atoms with Crippen molar-refractivity contribution in [3.8, 4) is 5.75 Å². The number of aliphatic carboxylic acids is 1. The highest BCUT2D eigenvalue weighted by Gasteiger charge is 2.51. The van der Waals surface area contributed by atoms with Crippen molar-refractivity contribution in [3.63, 3.8) is 0 Å². The maximum Gasteiger partial charge on any atom is 0.314 e. The lowest BCUT2D eigenvalue weighted by atomic mass is 9.96. The van der Waals surface area contributed by atoms with E-state index in [1.165, 1.54) is 0 Å². The van der Waals surface area contributed by atoms with Gasteiger partial charge in [-0.3, -0.25) is 4.79 Å². The van der Waals surface area contributed by atoms with Gasteiger partial charge in [-0.05, 0) is 30.5 Å². The van der Waals surface area contributed by atoms with E-state index in [1.807, 2.05) is 0 Å². The molecule has 19 heavy (non-hydrogen) atoms. The first-order valence-electron chi connectivity index (χ1n) is 6.40. The Hall–Kier alpha value is -1.26. The van der Waals surface area contributed by atoms with Gasteiger partial charge in [0, 0.05) is 6.42 Å². The van der Waals surface area contributed by atoms with Crippen LogP contribution in [-0.4, -0.2) is 30.4 Å². The molecule has 3 rings (SSSR count). The van der Waals surface area contributed by atoms with Crippen molar-refractivity contribution in [1.29, 1.82) is 0 Å². The molecule has 4 nitrogen and oxygen atoms in total. The predicted octanol–water partition coefficient (Wildman–Crippen LogP) is 2.62. The Morgan fingerprint density at radius 2 is 2.26 bits per heavy atom. The molecule has 1 aliphatic heterocycles. The minimum Gasteiger partial charge on any atom is -0.486 e. The van der Waals surface area contributed by atoms with Crippen molar-refractivity contribution in [2.24, 2.45) is 0 Å². The number of carboxylic acid groups (broad SMARTS) is 1. The molecule has 1 atom stereocenters. The van der Waals surface area contributed by atoms with Crippen molar-refractivity contribution in [1.82, 2.24) is 0 Å². The van der Waals surface area contributed by atoms with E-state index in [2.05, 4.69) is 0 Å². The first kappa shape index (κ1) is 12.8. The molecular formula is C14H15ClO4. The monoisotopic (exact) mass is 282 g/mol. The zero-order chi connectivity index (χ0) is 13.5. The Labute approximate surface area is 116 Å². The summed E-state index contributed by atoms with van der Waals surface area (Å²) in [5.74, 6) is -0.177. The summed E-state index contributed by atoms with van der Waals surface area (Å²) in [4.78, 5) is 11.3. The molecule has 1 heterocycles. The molecule has 2 aliphatic rings. The number of rotatable bonds is 4. The number of hydrogen-bond acceptors (Lipinski definition) is 3. The first-order chi connectivity index (χ1) is 9.12. The maximum absolute atomic E-state index is 11.3. The van der Waals surface area contributed by atoms with Gasteiger partial charge in [0.05, 0.1) is 23.7 Å². The van der Waals surface area contributed by atoms with E-state index in [1.54, 1.807) is 18.2 Å². The van der Waals surface area contributed by atoms with Gasteiger partial charge in [0.2, 0.25) is 0 Å². The summed E-state index contributed by atoms with van der Waals surface area (Å²) < 4.78 is 11.0. The van der Waals surface area contributed by atoms with Gasteiger partial charge in [0.1, 0.15) is 11.9 Å². The molecule has 0 spiro atoms. The summed E-state index contributed by atoms with van der Waals surface area (Å²) in [5.41, 5.74) is 0.0403. The Morgan fingerprint density at radius 1 is 1.47 bits per heavy atom. The van der Waals surface area contributed by atoms with Crippen LogP contribution >= 0.6 is 11.6 Å². The van der Waals surface area contributed by atoms with Crippen LogP contribution in [0.15, 0.2) is 18.2 Å². The topological polar surface area (TPSA) is 55.8 Å². The van der Waals surface area contributed by atoms with Crippen LogP contribution in [0, 0.1) is 0 Å². The van der Waals surface area contributed by atoms with Gasteiger partial charge in [-0.15, -0.1) is 0 Å². The van der Waals surface area contributed by atoms with E-state index in [9.17, 15) is 9.90 Å². The van der Waals surface area contributed by atoms with E-state index < -0.39 is 11.4 Å². The van der Waals surface area contributed by atoms with Crippen LogP contribution < -0.4 is 4.74 Å². The predicted molar refractivity (Wildman–Crippen MR) is 69.9 cm³/mol. The summed E-state index contributed by atoms with van der Waals surface area (Å²) in [6, 6.07) is 5.28. The van der Waals surface area contributed by atoms with Crippen LogP contribution in [0.2, 0.25) is 5.02 Å². The van der Waals surface area contributed by atoms with Gasteiger partial charge in [0.15, 0.2) is 0 Å². The molecular weight excluding hydrogens is 268 g/mol. The third kappa shape index (κ3) is 2.30. The lowest BCUT2D eigenvalue weighted by Crippen LogP contribution is -2.20. The lowest BCUT2D eigenvalue weighted by Gasteiger charge is -2.16. The van der Waals surface area contributed by atoms with Crippen LogP contribution in [0.1, 0.15) is 24.8 Å². The van der Waals surface area contributed by atoms with Gasteiger partial charge >= 0.3 is 5.97 Å². The summed E-state index contributed by atoms with van der Waals surface area (Å²) in [6.45, 7) is 1.29. The second kappa shape index (κ2) is 4.69. The average molecular weight is 283 g/mol. The second-order valence-electron chi connectivity index (χ2n) is 5.14. The molecule has 1 saturated heterocycles. The fourth-order valence-corrected chi connectivity index (χ4v) is 2.66. The van der Waals surface area contributed by atoms with Gasteiger partial charge in [-0.25, -0.2) is 0 Å². The minimum absolute atomic E-state index is 0.0395.